The predicted molar refractivity (Wildman–Crippen MR) is 77.8 cm³/mol. The van der Waals surface area contributed by atoms with Crippen LogP contribution in [0.5, 0.6) is 0 Å². The average molecular weight is 327 g/mol. The molecule has 0 saturated heterocycles. The van der Waals surface area contributed by atoms with Crippen molar-refractivity contribution in [2.75, 3.05) is 5.73 Å². The Bertz CT molecular complexity index is 548. The average Bonchev–Trinajstić information content (AvgIpc) is 2.60. The summed E-state index contributed by atoms with van der Waals surface area (Å²) in [5.41, 5.74) is 7.84. The highest BCUT2D eigenvalue weighted by Gasteiger charge is 2.17. The largest absolute Gasteiger partial charge is 0.395 e. The van der Waals surface area contributed by atoms with Gasteiger partial charge in [0.05, 0.1) is 11.4 Å². The minimum atomic E-state index is 0.323. The first kappa shape index (κ1) is 13.4. The van der Waals surface area contributed by atoms with Gasteiger partial charge in [0.1, 0.15) is 10.1 Å². The molecule has 2 rings (SSSR count). The number of hydrogen-bond acceptors (Lipinski definition) is 4. The zero-order valence-corrected chi connectivity index (χ0v) is 12.9. The van der Waals surface area contributed by atoms with E-state index in [1.807, 2.05) is 23.9 Å². The predicted octanol–water partition coefficient (Wildman–Crippen LogP) is 3.43. The number of hydrogen-bond donors (Lipinski definition) is 1. The Morgan fingerprint density at radius 2 is 2.11 bits per heavy atom. The van der Waals surface area contributed by atoms with Crippen LogP contribution in [-0.2, 0) is 7.05 Å². The summed E-state index contributed by atoms with van der Waals surface area (Å²) in [6.45, 7) is 4.18. The molecule has 0 amide bonds. The van der Waals surface area contributed by atoms with E-state index in [-0.39, 0.29) is 0 Å². The SMILES string of the molecule is CC(C)c1nn(C)c(Sc2ccc(Br)cn2)c1N. The van der Waals surface area contributed by atoms with Gasteiger partial charge in [0.25, 0.3) is 0 Å². The molecule has 96 valence electrons. The van der Waals surface area contributed by atoms with Crippen LogP contribution in [0.1, 0.15) is 25.5 Å². The van der Waals surface area contributed by atoms with Crippen molar-refractivity contribution in [2.24, 2.45) is 7.05 Å². The summed E-state index contributed by atoms with van der Waals surface area (Å²) >= 11 is 4.90. The fraction of sp³-hybridized carbons (Fsp3) is 0.333. The summed E-state index contributed by atoms with van der Waals surface area (Å²) in [4.78, 5) is 4.33. The highest BCUT2D eigenvalue weighted by atomic mass is 79.9. The monoisotopic (exact) mass is 326 g/mol. The molecule has 0 aliphatic rings. The number of pyridine rings is 1. The number of nitrogen functional groups attached to an aromatic ring is 1. The molecule has 2 N–H and O–H groups in total. The van der Waals surface area contributed by atoms with Gasteiger partial charge >= 0.3 is 0 Å². The Morgan fingerprint density at radius 3 is 2.61 bits per heavy atom. The van der Waals surface area contributed by atoms with E-state index < -0.39 is 0 Å². The maximum Gasteiger partial charge on any atom is 0.123 e. The summed E-state index contributed by atoms with van der Waals surface area (Å²) in [6.07, 6.45) is 1.78. The molecule has 0 atom stereocenters. The second-order valence-electron chi connectivity index (χ2n) is 4.30. The number of aryl methyl sites for hydroxylation is 1. The molecule has 2 aromatic rings. The van der Waals surface area contributed by atoms with Gasteiger partial charge in [-0.3, -0.25) is 4.68 Å². The number of rotatable bonds is 3. The quantitative estimate of drug-likeness (QED) is 0.938. The Balaban J connectivity index is 2.32. The van der Waals surface area contributed by atoms with Gasteiger partial charge in [-0.05, 0) is 45.7 Å². The smallest absolute Gasteiger partial charge is 0.123 e. The molecule has 6 heteroatoms. The first-order valence-corrected chi connectivity index (χ1v) is 7.21. The fourth-order valence-corrected chi connectivity index (χ4v) is 2.68. The Hall–Kier alpha value is -1.01. The Kier molecular flexibility index (Phi) is 3.97. The molecule has 0 radical (unpaired) electrons. The highest BCUT2D eigenvalue weighted by Crippen LogP contribution is 2.35. The van der Waals surface area contributed by atoms with Crippen LogP contribution in [0.15, 0.2) is 32.9 Å². The van der Waals surface area contributed by atoms with Crippen LogP contribution in [0.3, 0.4) is 0 Å². The topological polar surface area (TPSA) is 56.7 Å². The van der Waals surface area contributed by atoms with Crippen molar-refractivity contribution in [3.05, 3.63) is 28.5 Å². The van der Waals surface area contributed by atoms with E-state index >= 15 is 0 Å². The van der Waals surface area contributed by atoms with Gasteiger partial charge in [-0.25, -0.2) is 4.98 Å². The van der Waals surface area contributed by atoms with E-state index in [2.05, 4.69) is 39.9 Å². The molecule has 0 fully saturated rings. The molecular formula is C12H15BrN4S. The van der Waals surface area contributed by atoms with Crippen molar-refractivity contribution in [1.82, 2.24) is 14.8 Å². The molecule has 0 unspecified atom stereocenters. The van der Waals surface area contributed by atoms with Gasteiger partial charge < -0.3 is 5.73 Å². The van der Waals surface area contributed by atoms with Gasteiger partial charge in [-0.1, -0.05) is 13.8 Å². The Morgan fingerprint density at radius 1 is 1.39 bits per heavy atom. The van der Waals surface area contributed by atoms with Crippen LogP contribution in [0.2, 0.25) is 0 Å². The molecule has 0 bridgehead atoms. The lowest BCUT2D eigenvalue weighted by atomic mass is 10.1. The number of anilines is 1. The van der Waals surface area contributed by atoms with E-state index in [0.29, 0.717) is 5.92 Å². The standard InChI is InChI=1S/C12H15BrN4S/c1-7(2)11-10(14)12(17(3)16-11)18-9-5-4-8(13)6-15-9/h4-7H,14H2,1-3H3. The normalized spacial score (nSPS) is 11.2. The molecule has 18 heavy (non-hydrogen) atoms. The molecule has 2 heterocycles. The first-order valence-electron chi connectivity index (χ1n) is 5.60. The summed E-state index contributed by atoms with van der Waals surface area (Å²) < 4.78 is 2.78. The molecule has 0 spiro atoms. The lowest BCUT2D eigenvalue weighted by molar-refractivity contribution is 0.670. The van der Waals surface area contributed by atoms with Crippen LogP contribution < -0.4 is 5.73 Å². The second-order valence-corrected chi connectivity index (χ2v) is 6.22. The van der Waals surface area contributed by atoms with Crippen LogP contribution in [0.4, 0.5) is 5.69 Å². The third-order valence-corrected chi connectivity index (χ3v) is 4.10. The van der Waals surface area contributed by atoms with Crippen molar-refractivity contribution < 1.29 is 0 Å². The molecular weight excluding hydrogens is 312 g/mol. The minimum Gasteiger partial charge on any atom is -0.395 e. The van der Waals surface area contributed by atoms with E-state index in [9.17, 15) is 0 Å². The summed E-state index contributed by atoms with van der Waals surface area (Å²) in [5.74, 6) is 0.323. The van der Waals surface area contributed by atoms with Crippen molar-refractivity contribution >= 4 is 33.4 Å². The van der Waals surface area contributed by atoms with Crippen molar-refractivity contribution in [3.63, 3.8) is 0 Å². The zero-order valence-electron chi connectivity index (χ0n) is 10.5. The number of halogens is 1. The van der Waals surface area contributed by atoms with E-state index in [1.54, 1.807) is 6.20 Å². The molecule has 0 aliphatic heterocycles. The van der Waals surface area contributed by atoms with Crippen LogP contribution in [0, 0.1) is 0 Å². The van der Waals surface area contributed by atoms with Gasteiger partial charge in [0.15, 0.2) is 0 Å². The third kappa shape index (κ3) is 2.70. The summed E-state index contributed by atoms with van der Waals surface area (Å²) in [5, 5.41) is 6.30. The van der Waals surface area contributed by atoms with Crippen LogP contribution in [-0.4, -0.2) is 14.8 Å². The summed E-state index contributed by atoms with van der Waals surface area (Å²) in [7, 11) is 1.91. The van der Waals surface area contributed by atoms with Crippen molar-refractivity contribution in [3.8, 4) is 0 Å². The first-order chi connectivity index (χ1) is 8.49. The zero-order chi connectivity index (χ0) is 13.3. The van der Waals surface area contributed by atoms with Crippen molar-refractivity contribution in [2.45, 2.75) is 29.8 Å². The number of nitrogens with zero attached hydrogens (tertiary/aromatic N) is 3. The van der Waals surface area contributed by atoms with Gasteiger partial charge in [0, 0.05) is 17.7 Å². The summed E-state index contributed by atoms with van der Waals surface area (Å²) in [6, 6.07) is 3.92. The van der Waals surface area contributed by atoms with E-state index in [4.69, 9.17) is 5.73 Å². The third-order valence-electron chi connectivity index (χ3n) is 2.51. The Labute approximate surface area is 119 Å². The number of aromatic nitrogens is 3. The van der Waals surface area contributed by atoms with Gasteiger partial charge in [-0.2, -0.15) is 5.10 Å². The number of nitrogens with two attached hydrogens (primary N) is 1. The second kappa shape index (κ2) is 5.32. The van der Waals surface area contributed by atoms with E-state index in [0.717, 1.165) is 25.9 Å². The van der Waals surface area contributed by atoms with Crippen LogP contribution in [0.25, 0.3) is 0 Å². The molecule has 0 saturated carbocycles. The maximum atomic E-state index is 6.14. The van der Waals surface area contributed by atoms with Crippen molar-refractivity contribution in [1.29, 1.82) is 0 Å². The molecule has 0 aromatic carbocycles. The molecule has 4 nitrogen and oxygen atoms in total. The van der Waals surface area contributed by atoms with E-state index in [1.165, 1.54) is 11.8 Å². The molecule has 2 aromatic heterocycles. The fourth-order valence-electron chi connectivity index (χ4n) is 1.61. The lowest BCUT2D eigenvalue weighted by Gasteiger charge is -2.03. The van der Waals surface area contributed by atoms with Gasteiger partial charge in [0.2, 0.25) is 0 Å². The van der Waals surface area contributed by atoms with Gasteiger partial charge in [-0.15, -0.1) is 0 Å². The lowest BCUT2D eigenvalue weighted by Crippen LogP contribution is -1.94. The maximum absolute atomic E-state index is 6.14. The highest BCUT2D eigenvalue weighted by molar-refractivity contribution is 9.10. The minimum absolute atomic E-state index is 0.323. The van der Waals surface area contributed by atoms with Crippen LogP contribution >= 0.6 is 27.7 Å². The molecule has 0 aliphatic carbocycles.